The largest absolute Gasteiger partial charge is 0.497 e. The van der Waals surface area contributed by atoms with Crippen molar-refractivity contribution < 1.29 is 22.7 Å². The molecule has 150 valence electrons. The number of rotatable bonds is 6. The lowest BCUT2D eigenvalue weighted by atomic mass is 10.1. The first-order valence-corrected chi connectivity index (χ1v) is 9.32. The summed E-state index contributed by atoms with van der Waals surface area (Å²) in [6.07, 6.45) is -4.46. The number of carbonyl (C=O) groups excluding carboxylic acids is 1. The van der Waals surface area contributed by atoms with Crippen molar-refractivity contribution in [1.29, 1.82) is 0 Å². The summed E-state index contributed by atoms with van der Waals surface area (Å²) in [5.41, 5.74) is 0.373. The molecule has 0 fully saturated rings. The van der Waals surface area contributed by atoms with Crippen LogP contribution in [0, 0.1) is 0 Å². The van der Waals surface area contributed by atoms with E-state index in [1.54, 1.807) is 31.4 Å². The summed E-state index contributed by atoms with van der Waals surface area (Å²) in [5, 5.41) is 2.48. The van der Waals surface area contributed by atoms with Crippen LogP contribution in [0.2, 0.25) is 0 Å². The molecule has 0 saturated carbocycles. The third-order valence-electron chi connectivity index (χ3n) is 3.92. The number of nitrogens with one attached hydrogen (secondary N) is 2. The minimum absolute atomic E-state index is 0.0839. The molecule has 1 amide bonds. The van der Waals surface area contributed by atoms with Crippen LogP contribution in [0.25, 0.3) is 0 Å². The zero-order valence-corrected chi connectivity index (χ0v) is 16.1. The molecule has 3 aromatic rings. The van der Waals surface area contributed by atoms with Gasteiger partial charge in [0, 0.05) is 21.8 Å². The SMILES string of the molecule is COc1cccc(SNc2ccc(C(=O)Nc3cccc(C(F)(F)F)c3)cc2)c1. The summed E-state index contributed by atoms with van der Waals surface area (Å²) < 4.78 is 46.7. The molecule has 0 aliphatic rings. The normalized spacial score (nSPS) is 11.0. The number of ether oxygens (including phenoxy) is 1. The second kappa shape index (κ2) is 8.91. The van der Waals surface area contributed by atoms with Gasteiger partial charge in [-0.25, -0.2) is 0 Å². The second-order valence-corrected chi connectivity index (χ2v) is 6.87. The van der Waals surface area contributed by atoms with Crippen molar-refractivity contribution in [3.8, 4) is 5.75 Å². The van der Waals surface area contributed by atoms with Crippen LogP contribution in [0.1, 0.15) is 15.9 Å². The van der Waals surface area contributed by atoms with Gasteiger partial charge in [0.2, 0.25) is 0 Å². The first-order chi connectivity index (χ1) is 13.8. The third-order valence-corrected chi connectivity index (χ3v) is 4.75. The Labute approximate surface area is 170 Å². The molecule has 29 heavy (non-hydrogen) atoms. The highest BCUT2D eigenvalue weighted by Gasteiger charge is 2.30. The van der Waals surface area contributed by atoms with Gasteiger partial charge in [-0.05, 0) is 72.6 Å². The minimum atomic E-state index is -4.46. The van der Waals surface area contributed by atoms with Crippen molar-refractivity contribution in [2.75, 3.05) is 17.1 Å². The zero-order chi connectivity index (χ0) is 20.9. The second-order valence-electron chi connectivity index (χ2n) is 5.99. The highest BCUT2D eigenvalue weighted by atomic mass is 32.2. The summed E-state index contributed by atoms with van der Waals surface area (Å²) in [4.78, 5) is 13.3. The molecule has 0 saturated heterocycles. The molecule has 2 N–H and O–H groups in total. The van der Waals surface area contributed by atoms with Crippen LogP contribution in [0.15, 0.2) is 77.7 Å². The van der Waals surface area contributed by atoms with Crippen LogP contribution in [0.3, 0.4) is 0 Å². The predicted molar refractivity (Wildman–Crippen MR) is 108 cm³/mol. The molecule has 3 aromatic carbocycles. The maximum Gasteiger partial charge on any atom is 0.416 e. The topological polar surface area (TPSA) is 50.4 Å². The number of carbonyl (C=O) groups is 1. The standard InChI is InChI=1S/C21H17F3N2O2S/c1-28-18-6-3-7-19(13-18)29-26-16-10-8-14(9-11-16)20(27)25-17-5-2-4-15(12-17)21(22,23)24/h2-13,26H,1H3,(H,25,27). The monoisotopic (exact) mass is 418 g/mol. The average Bonchev–Trinajstić information content (AvgIpc) is 2.72. The van der Waals surface area contributed by atoms with Crippen LogP contribution in [0.4, 0.5) is 24.5 Å². The van der Waals surface area contributed by atoms with Gasteiger partial charge in [0.05, 0.1) is 12.7 Å². The number of methoxy groups -OCH3 is 1. The number of halogens is 3. The van der Waals surface area contributed by atoms with Crippen molar-refractivity contribution in [2.24, 2.45) is 0 Å². The Morgan fingerprint density at radius 3 is 2.34 bits per heavy atom. The van der Waals surface area contributed by atoms with E-state index in [4.69, 9.17) is 4.74 Å². The van der Waals surface area contributed by atoms with Gasteiger partial charge in [-0.2, -0.15) is 13.2 Å². The summed E-state index contributed by atoms with van der Waals surface area (Å²) in [7, 11) is 1.60. The summed E-state index contributed by atoms with van der Waals surface area (Å²) in [5.74, 6) is 0.259. The van der Waals surface area contributed by atoms with Gasteiger partial charge in [0.25, 0.3) is 5.91 Å². The third kappa shape index (κ3) is 5.68. The number of alkyl halides is 3. The number of anilines is 2. The van der Waals surface area contributed by atoms with Crippen LogP contribution in [-0.4, -0.2) is 13.0 Å². The van der Waals surface area contributed by atoms with E-state index < -0.39 is 17.6 Å². The van der Waals surface area contributed by atoms with Crippen molar-refractivity contribution in [3.05, 3.63) is 83.9 Å². The van der Waals surface area contributed by atoms with Gasteiger partial charge >= 0.3 is 6.18 Å². The van der Waals surface area contributed by atoms with E-state index >= 15 is 0 Å². The van der Waals surface area contributed by atoms with Crippen molar-refractivity contribution in [2.45, 2.75) is 11.1 Å². The van der Waals surface area contributed by atoms with Gasteiger partial charge in [0.15, 0.2) is 0 Å². The zero-order valence-electron chi connectivity index (χ0n) is 15.3. The van der Waals surface area contributed by atoms with E-state index in [1.165, 1.54) is 24.1 Å². The lowest BCUT2D eigenvalue weighted by molar-refractivity contribution is -0.137. The molecule has 0 heterocycles. The maximum absolute atomic E-state index is 12.8. The minimum Gasteiger partial charge on any atom is -0.497 e. The molecular formula is C21H17F3N2O2S. The fraction of sp³-hybridized carbons (Fsp3) is 0.0952. The predicted octanol–water partition coefficient (Wildman–Crippen LogP) is 6.09. The van der Waals surface area contributed by atoms with Crippen LogP contribution >= 0.6 is 11.9 Å². The van der Waals surface area contributed by atoms with Gasteiger partial charge < -0.3 is 14.8 Å². The Bertz CT molecular complexity index is 992. The molecule has 0 bridgehead atoms. The lowest BCUT2D eigenvalue weighted by Crippen LogP contribution is -2.13. The van der Waals surface area contributed by atoms with Crippen molar-refractivity contribution in [1.82, 2.24) is 0 Å². The van der Waals surface area contributed by atoms with Gasteiger partial charge in [-0.15, -0.1) is 0 Å². The van der Waals surface area contributed by atoms with Crippen LogP contribution in [-0.2, 0) is 6.18 Å². The molecule has 0 aliphatic heterocycles. The van der Waals surface area contributed by atoms with Crippen molar-refractivity contribution in [3.63, 3.8) is 0 Å². The number of hydrogen-bond acceptors (Lipinski definition) is 4. The highest BCUT2D eigenvalue weighted by Crippen LogP contribution is 2.31. The molecule has 0 radical (unpaired) electrons. The Hall–Kier alpha value is -3.13. The number of amides is 1. The Morgan fingerprint density at radius 1 is 0.931 bits per heavy atom. The fourth-order valence-corrected chi connectivity index (χ4v) is 3.14. The first kappa shape index (κ1) is 20.6. The summed E-state index contributed by atoms with van der Waals surface area (Å²) in [6.45, 7) is 0. The van der Waals surface area contributed by atoms with E-state index in [9.17, 15) is 18.0 Å². The van der Waals surface area contributed by atoms with Gasteiger partial charge in [-0.1, -0.05) is 12.1 Å². The molecule has 0 spiro atoms. The fourth-order valence-electron chi connectivity index (χ4n) is 2.45. The van der Waals surface area contributed by atoms with E-state index in [-0.39, 0.29) is 5.69 Å². The van der Waals surface area contributed by atoms with Gasteiger partial charge in [-0.3, -0.25) is 4.79 Å². The number of hydrogen-bond donors (Lipinski definition) is 2. The molecule has 0 aromatic heterocycles. The molecule has 3 rings (SSSR count). The Kier molecular flexibility index (Phi) is 6.33. The maximum atomic E-state index is 12.8. The molecule has 4 nitrogen and oxygen atoms in total. The first-order valence-electron chi connectivity index (χ1n) is 8.51. The highest BCUT2D eigenvalue weighted by molar-refractivity contribution is 8.00. The molecule has 0 aliphatic carbocycles. The van der Waals surface area contributed by atoms with Crippen LogP contribution in [0.5, 0.6) is 5.75 Å². The number of benzene rings is 3. The molecule has 0 unspecified atom stereocenters. The van der Waals surface area contributed by atoms with E-state index in [0.717, 1.165) is 28.5 Å². The van der Waals surface area contributed by atoms with Gasteiger partial charge in [0.1, 0.15) is 5.75 Å². The molecule has 8 heteroatoms. The Balaban J connectivity index is 1.61. The summed E-state index contributed by atoms with van der Waals surface area (Å²) >= 11 is 1.39. The quantitative estimate of drug-likeness (QED) is 0.476. The molecular weight excluding hydrogens is 401 g/mol. The Morgan fingerprint density at radius 2 is 1.66 bits per heavy atom. The molecule has 0 atom stereocenters. The summed E-state index contributed by atoms with van der Waals surface area (Å²) in [6, 6.07) is 18.7. The van der Waals surface area contributed by atoms with E-state index in [1.807, 2.05) is 24.3 Å². The van der Waals surface area contributed by atoms with Crippen LogP contribution < -0.4 is 14.8 Å². The van der Waals surface area contributed by atoms with E-state index in [0.29, 0.717) is 5.56 Å². The van der Waals surface area contributed by atoms with E-state index in [2.05, 4.69) is 10.0 Å². The smallest absolute Gasteiger partial charge is 0.416 e. The average molecular weight is 418 g/mol. The lowest BCUT2D eigenvalue weighted by Gasteiger charge is -2.10. The van der Waals surface area contributed by atoms with Crippen molar-refractivity contribution >= 4 is 29.2 Å².